The van der Waals surface area contributed by atoms with E-state index in [0.29, 0.717) is 25.5 Å². The maximum Gasteiger partial charge on any atom is 0.319 e. The minimum absolute atomic E-state index is 0. The summed E-state index contributed by atoms with van der Waals surface area (Å²) in [6.45, 7) is 6.70. The second-order valence-electron chi connectivity index (χ2n) is 8.43. The topological polar surface area (TPSA) is 92.1 Å². The fourth-order valence-corrected chi connectivity index (χ4v) is 5.52. The Bertz CT molecular complexity index is 1280. The number of carboxylic acids is 1. The summed E-state index contributed by atoms with van der Waals surface area (Å²) in [5.74, 6) is -0.194. The summed E-state index contributed by atoms with van der Waals surface area (Å²) in [5, 5.41) is 12.5. The van der Waals surface area contributed by atoms with Crippen LogP contribution >= 0.6 is 35.5 Å². The third kappa shape index (κ3) is 6.90. The van der Waals surface area contributed by atoms with Gasteiger partial charge in [0, 0.05) is 36.1 Å². The summed E-state index contributed by atoms with van der Waals surface area (Å²) in [6, 6.07) is 12.2. The van der Waals surface area contributed by atoms with Gasteiger partial charge in [0.05, 0.1) is 23.4 Å². The van der Waals surface area contributed by atoms with E-state index in [9.17, 15) is 9.90 Å². The Morgan fingerprint density at radius 3 is 2.54 bits per heavy atom. The standard InChI is InChI=1S/C25H27N5O2S2.ClH/c1-4-17-13-26-23(27-14-17)30(15-19-10-9-18-7-5-6-8-21(18)28-19)12-11-20-16-33-24(29-20)34-25(2,3)22(31)32;/h5-10,13-14,16H,4,11-12,15H2,1-3H3,(H,31,32);1H. The molecule has 35 heavy (non-hydrogen) atoms. The first-order chi connectivity index (χ1) is 16.3. The lowest BCUT2D eigenvalue weighted by molar-refractivity contribution is -0.138. The molecule has 0 aliphatic rings. The van der Waals surface area contributed by atoms with Gasteiger partial charge in [-0.3, -0.25) is 9.78 Å². The number of hydrogen-bond acceptors (Lipinski definition) is 8. The molecule has 3 aromatic heterocycles. The molecule has 4 aromatic rings. The largest absolute Gasteiger partial charge is 0.480 e. The van der Waals surface area contributed by atoms with E-state index in [1.807, 2.05) is 42.0 Å². The molecule has 0 radical (unpaired) electrons. The van der Waals surface area contributed by atoms with Crippen LogP contribution < -0.4 is 4.90 Å². The zero-order valence-electron chi connectivity index (χ0n) is 19.8. The van der Waals surface area contributed by atoms with Gasteiger partial charge in [-0.05, 0) is 38.0 Å². The molecule has 0 spiro atoms. The SMILES string of the molecule is CCc1cnc(N(CCc2csc(SC(C)(C)C(=O)O)n2)Cc2ccc3ccccc3n2)nc1.Cl. The quantitative estimate of drug-likeness (QED) is 0.263. The highest BCUT2D eigenvalue weighted by Crippen LogP contribution is 2.34. The lowest BCUT2D eigenvalue weighted by Gasteiger charge is -2.22. The van der Waals surface area contributed by atoms with Gasteiger partial charge in [0.2, 0.25) is 5.95 Å². The number of nitrogens with zero attached hydrogens (tertiary/aromatic N) is 5. The minimum atomic E-state index is -0.919. The highest BCUT2D eigenvalue weighted by atomic mass is 35.5. The van der Waals surface area contributed by atoms with Crippen molar-refractivity contribution in [3.05, 3.63) is 71.1 Å². The molecule has 0 unspecified atom stereocenters. The van der Waals surface area contributed by atoms with Crippen LogP contribution in [0.15, 0.2) is 58.5 Å². The molecule has 0 bridgehead atoms. The minimum Gasteiger partial charge on any atom is -0.480 e. The molecule has 0 aliphatic heterocycles. The number of fused-ring (bicyclic) bond motifs is 1. The molecule has 1 aromatic carbocycles. The lowest BCUT2D eigenvalue weighted by atomic mass is 10.2. The summed E-state index contributed by atoms with van der Waals surface area (Å²) in [7, 11) is 0. The monoisotopic (exact) mass is 529 g/mol. The molecule has 0 atom stereocenters. The van der Waals surface area contributed by atoms with Crippen molar-refractivity contribution in [2.45, 2.75) is 49.2 Å². The van der Waals surface area contributed by atoms with Crippen LogP contribution in [0.4, 0.5) is 5.95 Å². The number of thioether (sulfide) groups is 1. The normalized spacial score (nSPS) is 11.3. The predicted molar refractivity (Wildman–Crippen MR) is 145 cm³/mol. The van der Waals surface area contributed by atoms with Gasteiger partial charge in [0.15, 0.2) is 4.34 Å². The molecular weight excluding hydrogens is 502 g/mol. The predicted octanol–water partition coefficient (Wildman–Crippen LogP) is 5.67. The van der Waals surface area contributed by atoms with Crippen molar-refractivity contribution in [1.82, 2.24) is 19.9 Å². The van der Waals surface area contributed by atoms with E-state index in [1.165, 1.54) is 23.1 Å². The maximum atomic E-state index is 11.4. The van der Waals surface area contributed by atoms with Crippen LogP contribution in [0.3, 0.4) is 0 Å². The number of aryl methyl sites for hydroxylation is 1. The molecular formula is C25H28ClN5O2S2. The number of rotatable bonds is 10. The van der Waals surface area contributed by atoms with Gasteiger partial charge in [-0.15, -0.1) is 23.7 Å². The van der Waals surface area contributed by atoms with Crippen molar-refractivity contribution in [3.8, 4) is 0 Å². The van der Waals surface area contributed by atoms with Gasteiger partial charge < -0.3 is 10.0 Å². The van der Waals surface area contributed by atoms with Gasteiger partial charge in [-0.25, -0.2) is 15.0 Å². The molecule has 0 saturated carbocycles. The van der Waals surface area contributed by atoms with Crippen molar-refractivity contribution in [3.63, 3.8) is 0 Å². The van der Waals surface area contributed by atoms with Crippen molar-refractivity contribution in [2.75, 3.05) is 11.4 Å². The number of aromatic nitrogens is 4. The molecule has 1 N–H and O–H groups in total. The Morgan fingerprint density at radius 1 is 1.09 bits per heavy atom. The average Bonchev–Trinajstić information content (AvgIpc) is 3.28. The van der Waals surface area contributed by atoms with Crippen molar-refractivity contribution in [1.29, 1.82) is 0 Å². The molecule has 4 rings (SSSR count). The molecule has 184 valence electrons. The van der Waals surface area contributed by atoms with E-state index in [2.05, 4.69) is 38.9 Å². The molecule has 7 nitrogen and oxygen atoms in total. The number of benzene rings is 1. The number of hydrogen-bond donors (Lipinski definition) is 1. The number of anilines is 1. The van der Waals surface area contributed by atoms with Crippen molar-refractivity contribution < 1.29 is 9.90 Å². The highest BCUT2D eigenvalue weighted by Gasteiger charge is 2.29. The first-order valence-corrected chi connectivity index (χ1v) is 12.8. The Hall–Kier alpha value is -2.75. The van der Waals surface area contributed by atoms with Gasteiger partial charge in [-0.2, -0.15) is 0 Å². The van der Waals surface area contributed by atoms with Gasteiger partial charge in [-0.1, -0.05) is 43.0 Å². The van der Waals surface area contributed by atoms with Crippen LogP contribution in [0, 0.1) is 0 Å². The summed E-state index contributed by atoms with van der Waals surface area (Å²) in [6.07, 6.45) is 5.32. The van der Waals surface area contributed by atoms with E-state index >= 15 is 0 Å². The van der Waals surface area contributed by atoms with Crippen LogP contribution in [-0.2, 0) is 24.2 Å². The fourth-order valence-electron chi connectivity index (χ4n) is 3.30. The number of pyridine rings is 1. The van der Waals surface area contributed by atoms with Gasteiger partial charge >= 0.3 is 5.97 Å². The van der Waals surface area contributed by atoms with Crippen molar-refractivity contribution in [2.24, 2.45) is 0 Å². The molecule has 10 heteroatoms. The molecule has 0 saturated heterocycles. The van der Waals surface area contributed by atoms with E-state index in [4.69, 9.17) is 4.98 Å². The Labute approximate surface area is 219 Å². The lowest BCUT2D eigenvalue weighted by Crippen LogP contribution is -2.28. The van der Waals surface area contributed by atoms with Crippen LogP contribution in [0.1, 0.15) is 37.7 Å². The Kier molecular flexibility index (Phi) is 9.04. The molecule has 0 amide bonds. The van der Waals surface area contributed by atoms with Crippen LogP contribution in [0.5, 0.6) is 0 Å². The Morgan fingerprint density at radius 2 is 1.83 bits per heavy atom. The molecule has 0 aliphatic carbocycles. The first kappa shape index (κ1) is 26.8. The van der Waals surface area contributed by atoms with Gasteiger partial charge in [0.25, 0.3) is 0 Å². The van der Waals surface area contributed by atoms with Crippen molar-refractivity contribution >= 4 is 58.3 Å². The summed E-state index contributed by atoms with van der Waals surface area (Å²) in [5.41, 5.74) is 3.93. The van der Waals surface area contributed by atoms with E-state index in [-0.39, 0.29) is 12.4 Å². The van der Waals surface area contributed by atoms with E-state index in [1.54, 1.807) is 13.8 Å². The number of para-hydroxylation sites is 1. The fraction of sp³-hybridized carbons (Fsp3) is 0.320. The molecule has 3 heterocycles. The number of aliphatic carboxylic acids is 1. The summed E-state index contributed by atoms with van der Waals surface area (Å²) >= 11 is 2.75. The second kappa shape index (κ2) is 11.8. The number of carboxylic acid groups (broad SMARTS) is 1. The summed E-state index contributed by atoms with van der Waals surface area (Å²) in [4.78, 5) is 32.2. The zero-order chi connectivity index (χ0) is 24.1. The van der Waals surface area contributed by atoms with E-state index in [0.717, 1.165) is 38.6 Å². The second-order valence-corrected chi connectivity index (χ2v) is 11.2. The maximum absolute atomic E-state index is 11.4. The average molecular weight is 530 g/mol. The first-order valence-electron chi connectivity index (χ1n) is 11.1. The Balaban J connectivity index is 0.00000342. The van der Waals surface area contributed by atoms with E-state index < -0.39 is 10.7 Å². The summed E-state index contributed by atoms with van der Waals surface area (Å²) < 4.78 is -0.161. The van der Waals surface area contributed by atoms with Crippen LogP contribution in [-0.4, -0.2) is 42.3 Å². The zero-order valence-corrected chi connectivity index (χ0v) is 22.3. The van der Waals surface area contributed by atoms with Crippen LogP contribution in [0.25, 0.3) is 10.9 Å². The third-order valence-electron chi connectivity index (χ3n) is 5.42. The smallest absolute Gasteiger partial charge is 0.319 e. The number of thiazole rings is 1. The number of carbonyl (C=O) groups is 1. The van der Waals surface area contributed by atoms with Gasteiger partial charge in [0.1, 0.15) is 4.75 Å². The third-order valence-corrected chi connectivity index (χ3v) is 7.59. The number of halogens is 1. The highest BCUT2D eigenvalue weighted by molar-refractivity contribution is 8.03. The molecule has 0 fully saturated rings. The van der Waals surface area contributed by atoms with Crippen LogP contribution in [0.2, 0.25) is 0 Å².